The minimum absolute atomic E-state index is 0. The van der Waals surface area contributed by atoms with E-state index in [9.17, 15) is 0 Å². The molecular weight excluding hydrogens is 111 g/mol. The molecule has 0 saturated carbocycles. The van der Waals surface area contributed by atoms with Gasteiger partial charge in [0.2, 0.25) is 0 Å². The Morgan fingerprint density at radius 2 is 1.25 bits per heavy atom. The first-order valence-corrected chi connectivity index (χ1v) is 1.50. The van der Waals surface area contributed by atoms with Crippen LogP contribution in [0.3, 0.4) is 0 Å². The van der Waals surface area contributed by atoms with Gasteiger partial charge in [0, 0.05) is 0 Å². The van der Waals surface area contributed by atoms with E-state index < -0.39 is 0 Å². The van der Waals surface area contributed by atoms with Crippen LogP contribution in [0.4, 0.5) is 0 Å². The summed E-state index contributed by atoms with van der Waals surface area (Å²) in [6.07, 6.45) is 0. The van der Waals surface area contributed by atoms with E-state index >= 15 is 0 Å². The molecule has 0 aromatic rings. The SMILES string of the molecule is N.O.[O]=[Zn]. The molecular formula is H5NO2Zn. The molecule has 0 rings (SSSR count). The van der Waals surface area contributed by atoms with Gasteiger partial charge in [0.25, 0.3) is 0 Å². The predicted octanol–water partition coefficient (Wildman–Crippen LogP) is -0.784. The molecule has 0 amide bonds. The number of hydrogen-bond donors (Lipinski definition) is 1. The molecule has 3 nitrogen and oxygen atoms in total. The fraction of sp³-hybridized carbons (Fsp3) is 0. The standard InChI is InChI=1S/H3N.H2O.O.Zn/h1H3;1H2;;. The molecule has 0 heterocycles. The Morgan fingerprint density at radius 3 is 1.25 bits per heavy atom. The summed E-state index contributed by atoms with van der Waals surface area (Å²) in [5.41, 5.74) is 0. The fourth-order valence-electron chi connectivity index (χ4n) is 0. The van der Waals surface area contributed by atoms with Gasteiger partial charge in [-0.1, -0.05) is 0 Å². The first-order valence-electron chi connectivity index (χ1n) is 0.289. The summed E-state index contributed by atoms with van der Waals surface area (Å²) in [6.45, 7) is 0. The maximum atomic E-state index is 8.38. The van der Waals surface area contributed by atoms with Gasteiger partial charge in [-0.2, -0.15) is 0 Å². The average Bonchev–Trinajstić information content (AvgIpc) is 1.00. The van der Waals surface area contributed by atoms with E-state index in [1.165, 1.54) is 0 Å². The van der Waals surface area contributed by atoms with Crippen LogP contribution < -0.4 is 6.15 Å². The van der Waals surface area contributed by atoms with Crippen molar-refractivity contribution in [2.45, 2.75) is 0 Å². The van der Waals surface area contributed by atoms with Gasteiger partial charge in [0.1, 0.15) is 0 Å². The van der Waals surface area contributed by atoms with Crippen molar-refractivity contribution in [3.63, 3.8) is 0 Å². The summed E-state index contributed by atoms with van der Waals surface area (Å²) in [6, 6.07) is 0. The van der Waals surface area contributed by atoms with Gasteiger partial charge in [0.05, 0.1) is 0 Å². The maximum absolute atomic E-state index is 8.38. The molecule has 4 heteroatoms. The third-order valence-electron chi connectivity index (χ3n) is 0. The Balaban J connectivity index is -0.00000000500. The van der Waals surface area contributed by atoms with Crippen LogP contribution in [0.1, 0.15) is 0 Å². The minimum atomic E-state index is 0. The van der Waals surface area contributed by atoms with E-state index in [4.69, 9.17) is 3.57 Å². The van der Waals surface area contributed by atoms with E-state index in [2.05, 4.69) is 0 Å². The van der Waals surface area contributed by atoms with Crippen LogP contribution in [0.15, 0.2) is 0 Å². The van der Waals surface area contributed by atoms with Gasteiger partial charge >= 0.3 is 21.8 Å². The summed E-state index contributed by atoms with van der Waals surface area (Å²) in [5.74, 6) is 0. The molecule has 0 aliphatic rings. The average molecular weight is 116 g/mol. The third-order valence-corrected chi connectivity index (χ3v) is 0. The Labute approximate surface area is 34.2 Å². The molecule has 0 aliphatic carbocycles. The van der Waals surface area contributed by atoms with Crippen LogP contribution in [0.5, 0.6) is 0 Å². The Kier molecular flexibility index (Phi) is 1050. The zero-order valence-corrected chi connectivity index (χ0v) is 5.29. The molecule has 0 unspecified atom stereocenters. The van der Waals surface area contributed by atoms with Crippen molar-refractivity contribution in [2.24, 2.45) is 0 Å². The normalized spacial score (nSPS) is 1.50. The molecule has 5 N–H and O–H groups in total. The molecule has 0 aliphatic heterocycles. The van der Waals surface area contributed by atoms with Crippen LogP contribution >= 0.6 is 0 Å². The number of hydrogen-bond acceptors (Lipinski definition) is 2. The Morgan fingerprint density at radius 1 is 1.25 bits per heavy atom. The quantitative estimate of drug-likeness (QED) is 0.421. The van der Waals surface area contributed by atoms with Crippen LogP contribution in [-0.4, -0.2) is 5.48 Å². The van der Waals surface area contributed by atoms with Crippen molar-refractivity contribution in [2.75, 3.05) is 0 Å². The van der Waals surface area contributed by atoms with Gasteiger partial charge in [-0.05, 0) is 0 Å². The summed E-state index contributed by atoms with van der Waals surface area (Å²) in [7, 11) is 0. The molecule has 0 bridgehead atoms. The van der Waals surface area contributed by atoms with Gasteiger partial charge in [-0.3, -0.25) is 0 Å². The molecule has 4 heavy (non-hydrogen) atoms. The molecule has 0 saturated heterocycles. The third kappa shape index (κ3) is 35.9. The van der Waals surface area contributed by atoms with Crippen LogP contribution in [0.25, 0.3) is 0 Å². The number of rotatable bonds is 0. The molecule has 0 aromatic carbocycles. The van der Waals surface area contributed by atoms with Gasteiger partial charge in [0.15, 0.2) is 0 Å². The van der Waals surface area contributed by atoms with Crippen LogP contribution in [0, 0.1) is 0 Å². The van der Waals surface area contributed by atoms with E-state index in [1.54, 1.807) is 0 Å². The van der Waals surface area contributed by atoms with E-state index in [-0.39, 0.29) is 29.9 Å². The second-order valence-electron chi connectivity index (χ2n) is 0. The Bertz CT molecular complexity index is 6.00. The second-order valence-corrected chi connectivity index (χ2v) is 0. The first kappa shape index (κ1) is 26.9. The van der Waals surface area contributed by atoms with Crippen molar-refractivity contribution in [3.05, 3.63) is 0 Å². The van der Waals surface area contributed by atoms with Gasteiger partial charge in [-0.15, -0.1) is 0 Å². The van der Waals surface area contributed by atoms with Gasteiger partial charge in [-0.25, -0.2) is 0 Å². The molecule has 0 aromatic heterocycles. The molecule has 0 atom stereocenters. The summed E-state index contributed by atoms with van der Waals surface area (Å²) < 4.78 is 8.38. The van der Waals surface area contributed by atoms with Crippen molar-refractivity contribution in [1.82, 2.24) is 6.15 Å². The topological polar surface area (TPSA) is 83.6 Å². The first-order chi connectivity index (χ1) is 1.00. The Hall–Kier alpha value is 0.343. The second kappa shape index (κ2) is 156. The zero-order valence-electron chi connectivity index (χ0n) is 2.32. The van der Waals surface area contributed by atoms with E-state index in [1.807, 2.05) is 0 Å². The van der Waals surface area contributed by atoms with Crippen molar-refractivity contribution >= 4 is 0 Å². The summed E-state index contributed by atoms with van der Waals surface area (Å²) in [4.78, 5) is 0. The molecule has 0 radical (unpaired) electrons. The molecule has 0 fully saturated rings. The van der Waals surface area contributed by atoms with Gasteiger partial charge < -0.3 is 11.6 Å². The van der Waals surface area contributed by atoms with Crippen molar-refractivity contribution in [1.29, 1.82) is 0 Å². The van der Waals surface area contributed by atoms with E-state index in [0.717, 1.165) is 0 Å². The molecule has 24 valence electrons. The predicted molar refractivity (Wildman–Crippen MR) is 9.32 cm³/mol. The molecule has 0 spiro atoms. The van der Waals surface area contributed by atoms with E-state index in [0.29, 0.717) is 0 Å². The monoisotopic (exact) mass is 115 g/mol. The van der Waals surface area contributed by atoms with Crippen molar-refractivity contribution < 1.29 is 27.3 Å². The summed E-state index contributed by atoms with van der Waals surface area (Å²) >= 11 is 0.125. The summed E-state index contributed by atoms with van der Waals surface area (Å²) in [5, 5.41) is 0. The van der Waals surface area contributed by atoms with Crippen LogP contribution in [0.2, 0.25) is 0 Å². The zero-order chi connectivity index (χ0) is 2.00. The van der Waals surface area contributed by atoms with Crippen molar-refractivity contribution in [3.8, 4) is 0 Å². The van der Waals surface area contributed by atoms with Crippen LogP contribution in [-0.2, 0) is 21.8 Å². The fourth-order valence-corrected chi connectivity index (χ4v) is 0.